The number of anilines is 2. The number of nitrogens with one attached hydrogen (secondary N) is 2. The molecule has 0 aliphatic carbocycles. The SMILES string of the molecule is COc1cc2c(cc1OC)NC(C)C(C)C(=O)N2. The fraction of sp³-hybridized carbons (Fsp3) is 0.462. The number of benzene rings is 1. The highest BCUT2D eigenvalue weighted by Gasteiger charge is 2.26. The van der Waals surface area contributed by atoms with Gasteiger partial charge in [0.2, 0.25) is 5.91 Å². The molecule has 1 aromatic rings. The summed E-state index contributed by atoms with van der Waals surface area (Å²) < 4.78 is 10.5. The highest BCUT2D eigenvalue weighted by Crippen LogP contribution is 2.38. The molecule has 2 rings (SSSR count). The molecule has 2 atom stereocenters. The van der Waals surface area contributed by atoms with E-state index in [1.807, 2.05) is 19.9 Å². The third kappa shape index (κ3) is 2.08. The summed E-state index contributed by atoms with van der Waals surface area (Å²) in [5.74, 6) is 1.13. The predicted octanol–water partition coefficient (Wildman–Crippen LogP) is 2.09. The molecule has 1 aromatic carbocycles. The van der Waals surface area contributed by atoms with Crippen LogP contribution in [-0.2, 0) is 4.79 Å². The quantitative estimate of drug-likeness (QED) is 0.843. The number of rotatable bonds is 2. The number of carbonyl (C=O) groups excluding carboxylic acids is 1. The summed E-state index contributed by atoms with van der Waals surface area (Å²) in [5.41, 5.74) is 1.56. The van der Waals surface area contributed by atoms with E-state index < -0.39 is 0 Å². The second-order valence-electron chi connectivity index (χ2n) is 4.46. The summed E-state index contributed by atoms with van der Waals surface area (Å²) in [5, 5.41) is 6.20. The molecular formula is C13H18N2O3. The molecule has 1 aliphatic rings. The maximum Gasteiger partial charge on any atom is 0.229 e. The van der Waals surface area contributed by atoms with Gasteiger partial charge in [0.1, 0.15) is 0 Å². The van der Waals surface area contributed by atoms with E-state index in [4.69, 9.17) is 9.47 Å². The minimum Gasteiger partial charge on any atom is -0.493 e. The van der Waals surface area contributed by atoms with E-state index in [2.05, 4.69) is 10.6 Å². The summed E-state index contributed by atoms with van der Waals surface area (Å²) in [6, 6.07) is 3.66. The minimum absolute atomic E-state index is 0.000898. The van der Waals surface area contributed by atoms with Crippen LogP contribution >= 0.6 is 0 Å². The Kier molecular flexibility index (Phi) is 3.32. The van der Waals surface area contributed by atoms with Crippen molar-refractivity contribution >= 4 is 17.3 Å². The second-order valence-corrected chi connectivity index (χ2v) is 4.46. The van der Waals surface area contributed by atoms with Gasteiger partial charge in [-0.05, 0) is 6.92 Å². The van der Waals surface area contributed by atoms with Crippen molar-refractivity contribution in [2.75, 3.05) is 24.9 Å². The van der Waals surface area contributed by atoms with E-state index in [9.17, 15) is 4.79 Å². The topological polar surface area (TPSA) is 59.6 Å². The number of methoxy groups -OCH3 is 2. The van der Waals surface area contributed by atoms with Gasteiger partial charge in [-0.3, -0.25) is 4.79 Å². The zero-order chi connectivity index (χ0) is 13.3. The van der Waals surface area contributed by atoms with E-state index >= 15 is 0 Å². The molecule has 5 nitrogen and oxygen atoms in total. The molecule has 0 saturated heterocycles. The molecule has 0 radical (unpaired) electrons. The van der Waals surface area contributed by atoms with Crippen molar-refractivity contribution in [3.05, 3.63) is 12.1 Å². The maximum absolute atomic E-state index is 11.9. The molecule has 1 aliphatic heterocycles. The van der Waals surface area contributed by atoms with Crippen LogP contribution in [0, 0.1) is 5.92 Å². The lowest BCUT2D eigenvalue weighted by Crippen LogP contribution is -2.30. The lowest BCUT2D eigenvalue weighted by Gasteiger charge is -2.17. The zero-order valence-corrected chi connectivity index (χ0v) is 11.0. The highest BCUT2D eigenvalue weighted by atomic mass is 16.5. The van der Waals surface area contributed by atoms with E-state index in [1.54, 1.807) is 20.3 Å². The Bertz CT molecular complexity index is 474. The molecule has 0 fully saturated rings. The standard InChI is InChI=1S/C13H18N2O3/c1-7-8(2)14-9-5-11(17-3)12(18-4)6-10(9)15-13(7)16/h5-8,14H,1-4H3,(H,15,16). The van der Waals surface area contributed by atoms with Gasteiger partial charge in [-0.25, -0.2) is 0 Å². The first-order valence-electron chi connectivity index (χ1n) is 5.90. The number of amides is 1. The summed E-state index contributed by atoms with van der Waals surface area (Å²) in [6.45, 7) is 3.88. The largest absolute Gasteiger partial charge is 0.493 e. The molecule has 5 heteroatoms. The van der Waals surface area contributed by atoms with Gasteiger partial charge in [-0.15, -0.1) is 0 Å². The molecule has 98 valence electrons. The van der Waals surface area contributed by atoms with Gasteiger partial charge in [0.25, 0.3) is 0 Å². The lowest BCUT2D eigenvalue weighted by molar-refractivity contribution is -0.119. The second kappa shape index (κ2) is 4.76. The van der Waals surface area contributed by atoms with Crippen molar-refractivity contribution in [1.29, 1.82) is 0 Å². The fourth-order valence-corrected chi connectivity index (χ4v) is 1.95. The number of fused-ring (bicyclic) bond motifs is 1. The summed E-state index contributed by atoms with van der Waals surface area (Å²) in [4.78, 5) is 11.9. The summed E-state index contributed by atoms with van der Waals surface area (Å²) in [7, 11) is 3.16. The van der Waals surface area contributed by atoms with Crippen LogP contribution in [0.4, 0.5) is 11.4 Å². The molecule has 2 N–H and O–H groups in total. The zero-order valence-electron chi connectivity index (χ0n) is 11.0. The van der Waals surface area contributed by atoms with Crippen molar-refractivity contribution in [3.8, 4) is 11.5 Å². The Morgan fingerprint density at radius 3 is 2.17 bits per heavy atom. The minimum atomic E-state index is -0.102. The van der Waals surface area contributed by atoms with E-state index in [0.717, 1.165) is 5.69 Å². The first-order chi connectivity index (χ1) is 8.56. The average molecular weight is 250 g/mol. The Morgan fingerprint density at radius 1 is 1.06 bits per heavy atom. The van der Waals surface area contributed by atoms with Crippen LogP contribution in [0.3, 0.4) is 0 Å². The lowest BCUT2D eigenvalue weighted by atomic mass is 10.0. The summed E-state index contributed by atoms with van der Waals surface area (Å²) >= 11 is 0. The molecule has 0 spiro atoms. The Morgan fingerprint density at radius 2 is 1.61 bits per heavy atom. The van der Waals surface area contributed by atoms with Crippen molar-refractivity contribution in [2.24, 2.45) is 5.92 Å². The normalized spacial score (nSPS) is 22.3. The van der Waals surface area contributed by atoms with Crippen molar-refractivity contribution in [2.45, 2.75) is 19.9 Å². The molecule has 1 heterocycles. The predicted molar refractivity (Wildman–Crippen MR) is 70.4 cm³/mol. The molecule has 0 bridgehead atoms. The fourth-order valence-electron chi connectivity index (χ4n) is 1.95. The van der Waals surface area contributed by atoms with Gasteiger partial charge in [0.15, 0.2) is 11.5 Å². The van der Waals surface area contributed by atoms with Gasteiger partial charge in [0, 0.05) is 18.2 Å². The van der Waals surface area contributed by atoms with E-state index in [-0.39, 0.29) is 17.9 Å². The average Bonchev–Trinajstić information content (AvgIpc) is 2.47. The van der Waals surface area contributed by atoms with Crippen molar-refractivity contribution in [3.63, 3.8) is 0 Å². The van der Waals surface area contributed by atoms with Gasteiger partial charge < -0.3 is 20.1 Å². The van der Waals surface area contributed by atoms with E-state index in [0.29, 0.717) is 17.2 Å². The molecule has 0 aromatic heterocycles. The number of hydrogen-bond donors (Lipinski definition) is 2. The Labute approximate surface area is 106 Å². The van der Waals surface area contributed by atoms with Gasteiger partial charge in [-0.2, -0.15) is 0 Å². The van der Waals surface area contributed by atoms with Crippen molar-refractivity contribution < 1.29 is 14.3 Å². The van der Waals surface area contributed by atoms with Crippen LogP contribution in [0.2, 0.25) is 0 Å². The highest BCUT2D eigenvalue weighted by molar-refractivity contribution is 5.98. The third-order valence-corrected chi connectivity index (χ3v) is 3.33. The molecule has 1 amide bonds. The van der Waals surface area contributed by atoms with Gasteiger partial charge in [0.05, 0.1) is 31.5 Å². The van der Waals surface area contributed by atoms with Crippen LogP contribution in [-0.4, -0.2) is 26.2 Å². The van der Waals surface area contributed by atoms with E-state index in [1.165, 1.54) is 0 Å². The molecule has 0 saturated carbocycles. The van der Waals surface area contributed by atoms with Crippen LogP contribution < -0.4 is 20.1 Å². The molecular weight excluding hydrogens is 232 g/mol. The van der Waals surface area contributed by atoms with Gasteiger partial charge >= 0.3 is 0 Å². The molecule has 2 unspecified atom stereocenters. The smallest absolute Gasteiger partial charge is 0.229 e. The monoisotopic (exact) mass is 250 g/mol. The maximum atomic E-state index is 11.9. The Hall–Kier alpha value is -1.91. The number of ether oxygens (including phenoxy) is 2. The first-order valence-corrected chi connectivity index (χ1v) is 5.90. The van der Waals surface area contributed by atoms with Crippen LogP contribution in [0.15, 0.2) is 12.1 Å². The van der Waals surface area contributed by atoms with Gasteiger partial charge in [-0.1, -0.05) is 6.92 Å². The van der Waals surface area contributed by atoms with Crippen LogP contribution in [0.1, 0.15) is 13.8 Å². The number of carbonyl (C=O) groups is 1. The molecule has 18 heavy (non-hydrogen) atoms. The summed E-state index contributed by atoms with van der Waals surface area (Å²) in [6.07, 6.45) is 0. The van der Waals surface area contributed by atoms with Crippen molar-refractivity contribution in [1.82, 2.24) is 0 Å². The first kappa shape index (κ1) is 12.5. The van der Waals surface area contributed by atoms with Crippen LogP contribution in [0.25, 0.3) is 0 Å². The Balaban J connectivity index is 2.47. The number of hydrogen-bond acceptors (Lipinski definition) is 4. The third-order valence-electron chi connectivity index (χ3n) is 3.33. The van der Waals surface area contributed by atoms with Crippen LogP contribution in [0.5, 0.6) is 11.5 Å².